The monoisotopic (exact) mass is 310 g/mol. The lowest BCUT2D eigenvalue weighted by atomic mass is 10.1. The fraction of sp³-hybridized carbons (Fsp3) is 0.222. The number of nitrogens with zero attached hydrogens (tertiary/aromatic N) is 2. The molecular weight excluding hydrogens is 292 g/mol. The van der Waals surface area contributed by atoms with E-state index in [2.05, 4.69) is 5.10 Å². The van der Waals surface area contributed by atoms with Gasteiger partial charge in [-0.05, 0) is 29.8 Å². The summed E-state index contributed by atoms with van der Waals surface area (Å²) < 4.78 is 10.6. The van der Waals surface area contributed by atoms with Crippen LogP contribution in [0.3, 0.4) is 0 Å². The molecule has 1 aliphatic rings. The van der Waals surface area contributed by atoms with E-state index in [1.54, 1.807) is 31.4 Å². The molecule has 0 spiro atoms. The van der Waals surface area contributed by atoms with Crippen molar-refractivity contribution in [3.63, 3.8) is 0 Å². The number of carbonyl (C=O) groups excluding carboxylic acids is 1. The lowest BCUT2D eigenvalue weighted by molar-refractivity contribution is -0.132. The smallest absolute Gasteiger partial charge is 0.280 e. The van der Waals surface area contributed by atoms with Crippen molar-refractivity contribution in [1.82, 2.24) is 5.01 Å². The van der Waals surface area contributed by atoms with E-state index in [4.69, 9.17) is 9.47 Å². The quantitative estimate of drug-likeness (QED) is 0.853. The predicted octanol–water partition coefficient (Wildman–Crippen LogP) is 2.71. The molecule has 0 saturated carbocycles. The van der Waals surface area contributed by atoms with Crippen molar-refractivity contribution >= 4 is 11.6 Å². The third kappa shape index (κ3) is 3.69. The van der Waals surface area contributed by atoms with Crippen LogP contribution in [0.1, 0.15) is 12.0 Å². The van der Waals surface area contributed by atoms with Gasteiger partial charge in [-0.3, -0.25) is 4.79 Å². The maximum absolute atomic E-state index is 12.2. The van der Waals surface area contributed by atoms with Gasteiger partial charge in [-0.1, -0.05) is 30.3 Å². The van der Waals surface area contributed by atoms with Gasteiger partial charge in [0.1, 0.15) is 11.5 Å². The number of methoxy groups -OCH3 is 1. The van der Waals surface area contributed by atoms with Gasteiger partial charge in [0.25, 0.3) is 5.91 Å². The van der Waals surface area contributed by atoms with Crippen LogP contribution in [-0.4, -0.2) is 36.9 Å². The number of rotatable bonds is 5. The molecule has 0 aromatic heterocycles. The Kier molecular flexibility index (Phi) is 4.57. The molecule has 0 saturated heterocycles. The van der Waals surface area contributed by atoms with Crippen molar-refractivity contribution in [1.29, 1.82) is 0 Å². The first-order valence-corrected chi connectivity index (χ1v) is 7.46. The van der Waals surface area contributed by atoms with E-state index in [1.165, 1.54) is 5.01 Å². The van der Waals surface area contributed by atoms with Crippen molar-refractivity contribution < 1.29 is 14.3 Å². The first kappa shape index (κ1) is 15.1. The zero-order chi connectivity index (χ0) is 16.1. The standard InChI is InChI=1S/C18H18N2O3/c1-22-15-7-9-16(10-8-15)23-13-18(21)20-12-11-17(19-20)14-5-3-2-4-6-14/h2-10H,11-13H2,1H3. The molecule has 1 aliphatic heterocycles. The molecule has 2 aromatic rings. The Morgan fingerprint density at radius 2 is 1.78 bits per heavy atom. The highest BCUT2D eigenvalue weighted by atomic mass is 16.5. The molecule has 0 bridgehead atoms. The Hall–Kier alpha value is -2.82. The fourth-order valence-electron chi connectivity index (χ4n) is 2.36. The average Bonchev–Trinajstić information content (AvgIpc) is 3.11. The van der Waals surface area contributed by atoms with Gasteiger partial charge in [0.15, 0.2) is 6.61 Å². The summed E-state index contributed by atoms with van der Waals surface area (Å²) in [5.74, 6) is 1.23. The number of benzene rings is 2. The number of amides is 1. The van der Waals surface area contributed by atoms with Gasteiger partial charge in [-0.25, -0.2) is 5.01 Å². The lowest BCUT2D eigenvalue weighted by Gasteiger charge is -2.12. The molecule has 3 rings (SSSR count). The highest BCUT2D eigenvalue weighted by Gasteiger charge is 2.21. The van der Waals surface area contributed by atoms with Crippen LogP contribution in [0, 0.1) is 0 Å². The third-order valence-electron chi connectivity index (χ3n) is 3.62. The van der Waals surface area contributed by atoms with Gasteiger partial charge >= 0.3 is 0 Å². The summed E-state index contributed by atoms with van der Waals surface area (Å²) in [6.07, 6.45) is 0.762. The Balaban J connectivity index is 1.57. The molecule has 2 aromatic carbocycles. The van der Waals surface area contributed by atoms with Gasteiger partial charge in [0.05, 0.1) is 19.4 Å². The minimum absolute atomic E-state index is 0.0299. The second-order valence-corrected chi connectivity index (χ2v) is 5.14. The second-order valence-electron chi connectivity index (χ2n) is 5.14. The van der Waals surface area contributed by atoms with Gasteiger partial charge < -0.3 is 9.47 Å². The zero-order valence-electron chi connectivity index (χ0n) is 12.9. The number of hydrazone groups is 1. The van der Waals surface area contributed by atoms with E-state index in [-0.39, 0.29) is 12.5 Å². The van der Waals surface area contributed by atoms with E-state index >= 15 is 0 Å². The SMILES string of the molecule is COc1ccc(OCC(=O)N2CCC(c3ccccc3)=N2)cc1. The number of carbonyl (C=O) groups is 1. The van der Waals surface area contributed by atoms with Crippen molar-refractivity contribution in [2.75, 3.05) is 20.3 Å². The van der Waals surface area contributed by atoms with Crippen LogP contribution in [0.4, 0.5) is 0 Å². The number of ether oxygens (including phenoxy) is 2. The van der Waals surface area contributed by atoms with E-state index in [0.717, 1.165) is 23.4 Å². The largest absolute Gasteiger partial charge is 0.497 e. The highest BCUT2D eigenvalue weighted by Crippen LogP contribution is 2.18. The van der Waals surface area contributed by atoms with Crippen molar-refractivity contribution in [3.8, 4) is 11.5 Å². The van der Waals surface area contributed by atoms with Gasteiger partial charge in [-0.15, -0.1) is 0 Å². The molecule has 0 fully saturated rings. The number of hydrogen-bond donors (Lipinski definition) is 0. The van der Waals surface area contributed by atoms with Crippen LogP contribution in [0.15, 0.2) is 59.7 Å². The predicted molar refractivity (Wildman–Crippen MR) is 87.8 cm³/mol. The Morgan fingerprint density at radius 1 is 1.09 bits per heavy atom. The minimum Gasteiger partial charge on any atom is -0.497 e. The van der Waals surface area contributed by atoms with Gasteiger partial charge in [0, 0.05) is 6.42 Å². The normalized spacial score (nSPS) is 13.6. The number of hydrogen-bond acceptors (Lipinski definition) is 4. The van der Waals surface area contributed by atoms with Gasteiger partial charge in [-0.2, -0.15) is 5.10 Å². The molecule has 0 unspecified atom stereocenters. The van der Waals surface area contributed by atoms with E-state index < -0.39 is 0 Å². The molecule has 5 heteroatoms. The minimum atomic E-state index is -0.147. The summed E-state index contributed by atoms with van der Waals surface area (Å²) in [4.78, 5) is 12.2. The lowest BCUT2D eigenvalue weighted by Crippen LogP contribution is -2.28. The Bertz CT molecular complexity index is 696. The summed E-state index contributed by atoms with van der Waals surface area (Å²) in [6.45, 7) is 0.562. The summed E-state index contributed by atoms with van der Waals surface area (Å²) in [7, 11) is 1.61. The van der Waals surface area contributed by atoms with Crippen LogP contribution in [0.2, 0.25) is 0 Å². The molecule has 0 aliphatic carbocycles. The maximum Gasteiger partial charge on any atom is 0.280 e. The van der Waals surface area contributed by atoms with E-state index in [1.807, 2.05) is 30.3 Å². The first-order chi connectivity index (χ1) is 11.3. The molecule has 0 radical (unpaired) electrons. The zero-order valence-corrected chi connectivity index (χ0v) is 12.9. The van der Waals surface area contributed by atoms with Crippen molar-refractivity contribution in [2.45, 2.75) is 6.42 Å². The van der Waals surface area contributed by atoms with Crippen LogP contribution >= 0.6 is 0 Å². The van der Waals surface area contributed by atoms with Crippen LogP contribution in [0.5, 0.6) is 11.5 Å². The second kappa shape index (κ2) is 6.96. The van der Waals surface area contributed by atoms with Crippen LogP contribution < -0.4 is 9.47 Å². The summed E-state index contributed by atoms with van der Waals surface area (Å²) >= 11 is 0. The molecule has 5 nitrogen and oxygen atoms in total. The van der Waals surface area contributed by atoms with Crippen LogP contribution in [0.25, 0.3) is 0 Å². The Morgan fingerprint density at radius 3 is 2.48 bits per heavy atom. The highest BCUT2D eigenvalue weighted by molar-refractivity contribution is 6.02. The molecular formula is C18H18N2O3. The topological polar surface area (TPSA) is 51.1 Å². The average molecular weight is 310 g/mol. The molecule has 1 heterocycles. The maximum atomic E-state index is 12.2. The van der Waals surface area contributed by atoms with Crippen LogP contribution in [-0.2, 0) is 4.79 Å². The molecule has 23 heavy (non-hydrogen) atoms. The third-order valence-corrected chi connectivity index (χ3v) is 3.62. The Labute approximate surface area is 135 Å². The van der Waals surface area contributed by atoms with E-state index in [0.29, 0.717) is 12.3 Å². The molecule has 118 valence electrons. The summed E-state index contributed by atoms with van der Waals surface area (Å²) in [6, 6.07) is 17.0. The fourth-order valence-corrected chi connectivity index (χ4v) is 2.36. The summed E-state index contributed by atoms with van der Waals surface area (Å²) in [5.41, 5.74) is 1.99. The van der Waals surface area contributed by atoms with Crippen molar-refractivity contribution in [3.05, 3.63) is 60.2 Å². The molecule has 0 atom stereocenters. The summed E-state index contributed by atoms with van der Waals surface area (Å²) in [5, 5.41) is 5.88. The first-order valence-electron chi connectivity index (χ1n) is 7.46. The van der Waals surface area contributed by atoms with Crippen molar-refractivity contribution in [2.24, 2.45) is 5.10 Å². The van der Waals surface area contributed by atoms with E-state index in [9.17, 15) is 4.79 Å². The molecule has 0 N–H and O–H groups in total. The van der Waals surface area contributed by atoms with Gasteiger partial charge in [0.2, 0.25) is 0 Å². The molecule has 1 amide bonds.